The van der Waals surface area contributed by atoms with Crippen molar-refractivity contribution in [2.75, 3.05) is 20.3 Å². The molecule has 1 amide bonds. The number of nitrogens with one attached hydrogen (secondary N) is 1. The predicted molar refractivity (Wildman–Crippen MR) is 99.8 cm³/mol. The third-order valence-corrected chi connectivity index (χ3v) is 5.05. The molecule has 6 heteroatoms. The van der Waals surface area contributed by atoms with E-state index >= 15 is 0 Å². The molecule has 0 saturated heterocycles. The highest BCUT2D eigenvalue weighted by Gasteiger charge is 2.27. The largest absolute Gasteiger partial charge is 0.493 e. The number of nitrogens with zero attached hydrogens (tertiary/aromatic N) is 2. The Hall–Kier alpha value is -2.50. The van der Waals surface area contributed by atoms with E-state index in [0.29, 0.717) is 26.1 Å². The van der Waals surface area contributed by atoms with Crippen LogP contribution < -0.4 is 14.8 Å². The summed E-state index contributed by atoms with van der Waals surface area (Å²) in [7, 11) is 1.63. The van der Waals surface area contributed by atoms with E-state index in [1.54, 1.807) is 7.11 Å². The maximum atomic E-state index is 12.5. The Balaban J connectivity index is 1.56. The molecule has 1 aliphatic heterocycles. The Bertz CT molecular complexity index is 798. The SMILES string of the molecule is CCc1c(C)nn(CCNC(=O)[C@@H]2COc3c(cccc3OC)C2)c1C. The van der Waals surface area contributed by atoms with Crippen molar-refractivity contribution in [2.24, 2.45) is 5.92 Å². The van der Waals surface area contributed by atoms with Gasteiger partial charge in [-0.05, 0) is 43.9 Å². The summed E-state index contributed by atoms with van der Waals surface area (Å²) in [5, 5.41) is 7.59. The van der Waals surface area contributed by atoms with E-state index in [2.05, 4.69) is 24.3 Å². The number of carbonyl (C=O) groups excluding carboxylic acids is 1. The first-order chi connectivity index (χ1) is 12.5. The van der Waals surface area contributed by atoms with Crippen molar-refractivity contribution in [2.45, 2.75) is 40.2 Å². The first kappa shape index (κ1) is 18.3. The van der Waals surface area contributed by atoms with Gasteiger partial charge in [-0.2, -0.15) is 5.10 Å². The molecule has 0 saturated carbocycles. The van der Waals surface area contributed by atoms with E-state index < -0.39 is 0 Å². The average molecular weight is 357 g/mol. The van der Waals surface area contributed by atoms with E-state index in [0.717, 1.165) is 29.2 Å². The van der Waals surface area contributed by atoms with Crippen LogP contribution >= 0.6 is 0 Å². The zero-order valence-corrected chi connectivity index (χ0v) is 16.0. The van der Waals surface area contributed by atoms with Crippen molar-refractivity contribution in [3.63, 3.8) is 0 Å². The molecule has 1 aromatic carbocycles. The van der Waals surface area contributed by atoms with Crippen molar-refractivity contribution in [3.8, 4) is 11.5 Å². The lowest BCUT2D eigenvalue weighted by atomic mass is 9.95. The number of benzene rings is 1. The molecule has 0 aliphatic carbocycles. The summed E-state index contributed by atoms with van der Waals surface area (Å²) < 4.78 is 13.1. The minimum atomic E-state index is -0.179. The normalized spacial score (nSPS) is 15.9. The van der Waals surface area contributed by atoms with Gasteiger partial charge in [0.1, 0.15) is 6.61 Å². The lowest BCUT2D eigenvalue weighted by Crippen LogP contribution is -2.38. The number of methoxy groups -OCH3 is 1. The van der Waals surface area contributed by atoms with Crippen LogP contribution in [0.3, 0.4) is 0 Å². The second-order valence-electron chi connectivity index (χ2n) is 6.68. The van der Waals surface area contributed by atoms with Crippen molar-refractivity contribution in [3.05, 3.63) is 40.7 Å². The van der Waals surface area contributed by atoms with Crippen LogP contribution in [-0.2, 0) is 24.2 Å². The van der Waals surface area contributed by atoms with E-state index in [1.165, 1.54) is 11.3 Å². The second-order valence-corrected chi connectivity index (χ2v) is 6.68. The van der Waals surface area contributed by atoms with Gasteiger partial charge in [-0.15, -0.1) is 0 Å². The van der Waals surface area contributed by atoms with Gasteiger partial charge in [0.05, 0.1) is 25.3 Å². The van der Waals surface area contributed by atoms with E-state index in [9.17, 15) is 4.79 Å². The van der Waals surface area contributed by atoms with Gasteiger partial charge in [0.25, 0.3) is 0 Å². The van der Waals surface area contributed by atoms with Gasteiger partial charge >= 0.3 is 0 Å². The Labute approximate surface area is 154 Å². The van der Waals surface area contributed by atoms with Crippen molar-refractivity contribution < 1.29 is 14.3 Å². The highest BCUT2D eigenvalue weighted by molar-refractivity contribution is 5.79. The van der Waals surface area contributed by atoms with E-state index in [-0.39, 0.29) is 11.8 Å². The second kappa shape index (κ2) is 7.81. The minimum absolute atomic E-state index is 0.0238. The number of hydrogen-bond acceptors (Lipinski definition) is 4. The molecule has 1 atom stereocenters. The van der Waals surface area contributed by atoms with Crippen LogP contribution in [0.5, 0.6) is 11.5 Å². The van der Waals surface area contributed by atoms with E-state index in [1.807, 2.05) is 29.8 Å². The Kier molecular flexibility index (Phi) is 5.49. The highest BCUT2D eigenvalue weighted by atomic mass is 16.5. The summed E-state index contributed by atoms with van der Waals surface area (Å²) in [5.74, 6) is 1.32. The lowest BCUT2D eigenvalue weighted by molar-refractivity contribution is -0.126. The summed E-state index contributed by atoms with van der Waals surface area (Å²) in [6.45, 7) is 7.87. The van der Waals surface area contributed by atoms with Crippen molar-refractivity contribution in [1.82, 2.24) is 15.1 Å². The topological polar surface area (TPSA) is 65.4 Å². The molecule has 2 aromatic rings. The summed E-state index contributed by atoms with van der Waals surface area (Å²) >= 11 is 0. The molecule has 0 fully saturated rings. The van der Waals surface area contributed by atoms with Crippen molar-refractivity contribution >= 4 is 5.91 Å². The van der Waals surface area contributed by atoms with Crippen LogP contribution in [0.1, 0.15) is 29.4 Å². The minimum Gasteiger partial charge on any atom is -0.493 e. The van der Waals surface area contributed by atoms with Crippen LogP contribution in [0.4, 0.5) is 0 Å². The van der Waals surface area contributed by atoms with Gasteiger partial charge in [0.15, 0.2) is 11.5 Å². The molecule has 0 unspecified atom stereocenters. The zero-order chi connectivity index (χ0) is 18.7. The molecule has 0 bridgehead atoms. The standard InChI is InChI=1S/C20H27N3O3/c1-5-17-13(2)22-23(14(17)3)10-9-21-20(24)16-11-15-7-6-8-18(25-4)19(15)26-12-16/h6-8,16H,5,9-12H2,1-4H3,(H,21,24)/t16-/m0/s1. The summed E-state index contributed by atoms with van der Waals surface area (Å²) in [5.41, 5.74) is 4.56. The number of ether oxygens (including phenoxy) is 2. The summed E-state index contributed by atoms with van der Waals surface area (Å²) in [6, 6.07) is 5.78. The highest BCUT2D eigenvalue weighted by Crippen LogP contribution is 2.35. The Morgan fingerprint density at radius 1 is 1.42 bits per heavy atom. The molecule has 0 spiro atoms. The van der Waals surface area contributed by atoms with Crippen LogP contribution in [0, 0.1) is 19.8 Å². The molecule has 1 N–H and O–H groups in total. The summed E-state index contributed by atoms with van der Waals surface area (Å²) in [6.07, 6.45) is 1.64. The number of aromatic nitrogens is 2. The fourth-order valence-corrected chi connectivity index (χ4v) is 3.62. The monoisotopic (exact) mass is 357 g/mol. The van der Waals surface area contributed by atoms with Crippen molar-refractivity contribution in [1.29, 1.82) is 0 Å². The van der Waals surface area contributed by atoms with E-state index in [4.69, 9.17) is 9.47 Å². The molecule has 3 rings (SSSR count). The van der Waals surface area contributed by atoms with Gasteiger partial charge in [-0.25, -0.2) is 0 Å². The number of hydrogen-bond donors (Lipinski definition) is 1. The first-order valence-corrected chi connectivity index (χ1v) is 9.14. The maximum Gasteiger partial charge on any atom is 0.226 e. The Morgan fingerprint density at radius 2 is 2.23 bits per heavy atom. The lowest BCUT2D eigenvalue weighted by Gasteiger charge is -2.25. The summed E-state index contributed by atoms with van der Waals surface area (Å²) in [4.78, 5) is 12.5. The van der Waals surface area contributed by atoms with Crippen LogP contribution in [-0.4, -0.2) is 35.9 Å². The zero-order valence-electron chi connectivity index (χ0n) is 16.0. The van der Waals surface area contributed by atoms with Crippen LogP contribution in [0.25, 0.3) is 0 Å². The number of aryl methyl sites for hydroxylation is 1. The molecule has 140 valence electrons. The molecule has 1 aliphatic rings. The first-order valence-electron chi connectivity index (χ1n) is 9.14. The predicted octanol–water partition coefficient (Wildman–Crippen LogP) is 2.44. The Morgan fingerprint density at radius 3 is 2.92 bits per heavy atom. The number of para-hydroxylation sites is 1. The molecular weight excluding hydrogens is 330 g/mol. The molecule has 26 heavy (non-hydrogen) atoms. The third kappa shape index (κ3) is 3.54. The molecular formula is C20H27N3O3. The fourth-order valence-electron chi connectivity index (χ4n) is 3.62. The molecule has 2 heterocycles. The maximum absolute atomic E-state index is 12.5. The smallest absolute Gasteiger partial charge is 0.226 e. The van der Waals surface area contributed by atoms with Gasteiger partial charge in [0.2, 0.25) is 5.91 Å². The van der Waals surface area contributed by atoms with Gasteiger partial charge < -0.3 is 14.8 Å². The number of fused-ring (bicyclic) bond motifs is 1. The number of carbonyl (C=O) groups is 1. The van der Waals surface area contributed by atoms with Gasteiger partial charge in [-0.3, -0.25) is 9.48 Å². The third-order valence-electron chi connectivity index (χ3n) is 5.05. The van der Waals surface area contributed by atoms with Gasteiger partial charge in [-0.1, -0.05) is 19.1 Å². The molecule has 0 radical (unpaired) electrons. The van der Waals surface area contributed by atoms with Crippen LogP contribution in [0.15, 0.2) is 18.2 Å². The molecule has 1 aromatic heterocycles. The van der Waals surface area contributed by atoms with Gasteiger partial charge in [0, 0.05) is 12.2 Å². The average Bonchev–Trinajstić information content (AvgIpc) is 2.93. The quantitative estimate of drug-likeness (QED) is 0.862. The number of amides is 1. The van der Waals surface area contributed by atoms with Crippen LogP contribution in [0.2, 0.25) is 0 Å². The number of rotatable bonds is 6. The molecule has 6 nitrogen and oxygen atoms in total. The fraction of sp³-hybridized carbons (Fsp3) is 0.500.